The van der Waals surface area contributed by atoms with Gasteiger partial charge in [-0.25, -0.2) is 9.18 Å². The number of benzene rings is 1. The number of hydrogen-bond donors (Lipinski definition) is 2. The van der Waals surface area contributed by atoms with Crippen molar-refractivity contribution in [1.82, 2.24) is 4.90 Å². The topological polar surface area (TPSA) is 69.6 Å². The van der Waals surface area contributed by atoms with Gasteiger partial charge in [-0.2, -0.15) is 0 Å². The van der Waals surface area contributed by atoms with Crippen molar-refractivity contribution in [3.8, 4) is 0 Å². The molecule has 0 aromatic heterocycles. The van der Waals surface area contributed by atoms with Crippen molar-refractivity contribution in [1.29, 1.82) is 0 Å². The molecule has 112 valence electrons. The van der Waals surface area contributed by atoms with E-state index >= 15 is 0 Å². The van der Waals surface area contributed by atoms with Crippen LogP contribution in [0.25, 0.3) is 0 Å². The van der Waals surface area contributed by atoms with E-state index in [2.05, 4.69) is 21.2 Å². The molecular weight excluding hydrogens is 343 g/mol. The van der Waals surface area contributed by atoms with Crippen molar-refractivity contribution >= 4 is 33.6 Å². The molecule has 1 aromatic rings. The Kier molecular flexibility index (Phi) is 3.61. The molecule has 2 bridgehead atoms. The van der Waals surface area contributed by atoms with Gasteiger partial charge < -0.3 is 15.3 Å². The number of rotatable bonds is 2. The fraction of sp³-hybridized carbons (Fsp3) is 0.429. The summed E-state index contributed by atoms with van der Waals surface area (Å²) in [5.74, 6) is -1.79. The molecule has 0 aliphatic carbocycles. The maximum Gasteiger partial charge on any atom is 0.322 e. The molecule has 2 fully saturated rings. The fourth-order valence-electron chi connectivity index (χ4n) is 3.34. The minimum Gasteiger partial charge on any atom is -0.481 e. The molecule has 5 nitrogen and oxygen atoms in total. The van der Waals surface area contributed by atoms with Gasteiger partial charge in [0.2, 0.25) is 0 Å². The van der Waals surface area contributed by atoms with Gasteiger partial charge in [0, 0.05) is 16.6 Å². The van der Waals surface area contributed by atoms with E-state index in [0.717, 1.165) is 6.42 Å². The van der Waals surface area contributed by atoms with Crippen LogP contribution in [-0.2, 0) is 4.79 Å². The predicted octanol–water partition coefficient (Wildman–Crippen LogP) is 3.06. The molecule has 2 aliphatic heterocycles. The minimum atomic E-state index is -0.855. The summed E-state index contributed by atoms with van der Waals surface area (Å²) in [5, 5.41) is 11.9. The van der Waals surface area contributed by atoms with Gasteiger partial charge in [0.1, 0.15) is 5.82 Å². The van der Waals surface area contributed by atoms with Crippen LogP contribution in [0.4, 0.5) is 14.9 Å². The summed E-state index contributed by atoms with van der Waals surface area (Å²) in [6.07, 6.45) is 2.03. The number of carboxylic acids is 1. The second-order valence-corrected chi connectivity index (χ2v) is 6.29. The highest BCUT2D eigenvalue weighted by molar-refractivity contribution is 9.10. The summed E-state index contributed by atoms with van der Waals surface area (Å²) in [5.41, 5.74) is 0.346. The van der Waals surface area contributed by atoms with E-state index in [0.29, 0.717) is 23.0 Å². The summed E-state index contributed by atoms with van der Waals surface area (Å²) in [6, 6.07) is 3.37. The highest BCUT2D eigenvalue weighted by Gasteiger charge is 2.51. The van der Waals surface area contributed by atoms with Crippen molar-refractivity contribution < 1.29 is 19.1 Å². The maximum absolute atomic E-state index is 13.2. The summed E-state index contributed by atoms with van der Waals surface area (Å²) >= 11 is 3.25. The lowest BCUT2D eigenvalue weighted by Crippen LogP contribution is -2.40. The number of carbonyl (C=O) groups excluding carboxylic acids is 1. The molecular formula is C14H14BrFN2O3. The van der Waals surface area contributed by atoms with Crippen LogP contribution in [0.2, 0.25) is 0 Å². The normalized spacial score (nSPS) is 27.0. The molecule has 3 unspecified atom stereocenters. The summed E-state index contributed by atoms with van der Waals surface area (Å²) in [4.78, 5) is 25.2. The van der Waals surface area contributed by atoms with Gasteiger partial charge in [0.05, 0.1) is 11.6 Å². The van der Waals surface area contributed by atoms with Crippen molar-refractivity contribution in [2.75, 3.05) is 5.32 Å². The predicted molar refractivity (Wildman–Crippen MR) is 77.5 cm³/mol. The van der Waals surface area contributed by atoms with E-state index in [1.807, 2.05) is 0 Å². The third kappa shape index (κ3) is 2.50. The summed E-state index contributed by atoms with van der Waals surface area (Å²) < 4.78 is 13.8. The quantitative estimate of drug-likeness (QED) is 0.855. The molecule has 0 radical (unpaired) electrons. The average Bonchev–Trinajstić information content (AvgIpc) is 3.00. The number of aliphatic carboxylic acids is 1. The molecule has 2 heterocycles. The zero-order valence-corrected chi connectivity index (χ0v) is 12.6. The third-order valence-corrected chi connectivity index (χ3v) is 4.95. The van der Waals surface area contributed by atoms with Crippen LogP contribution in [0.15, 0.2) is 22.7 Å². The Hall–Kier alpha value is -1.63. The highest BCUT2D eigenvalue weighted by atomic mass is 79.9. The first kappa shape index (κ1) is 14.3. The Morgan fingerprint density at radius 2 is 2.14 bits per heavy atom. The molecule has 0 spiro atoms. The van der Waals surface area contributed by atoms with E-state index in [4.69, 9.17) is 0 Å². The van der Waals surface area contributed by atoms with Crippen molar-refractivity contribution in [2.24, 2.45) is 5.92 Å². The average molecular weight is 357 g/mol. The van der Waals surface area contributed by atoms with Crippen LogP contribution < -0.4 is 5.32 Å². The van der Waals surface area contributed by atoms with Crippen LogP contribution in [0.3, 0.4) is 0 Å². The van der Waals surface area contributed by atoms with Gasteiger partial charge >= 0.3 is 12.0 Å². The molecule has 2 saturated heterocycles. The minimum absolute atomic E-state index is 0.0385. The second-order valence-electron chi connectivity index (χ2n) is 5.44. The van der Waals surface area contributed by atoms with Gasteiger partial charge in [0.25, 0.3) is 0 Å². The maximum atomic E-state index is 13.2. The zero-order chi connectivity index (χ0) is 15.1. The summed E-state index contributed by atoms with van der Waals surface area (Å²) in [6.45, 7) is 0. The summed E-state index contributed by atoms with van der Waals surface area (Å²) in [7, 11) is 0. The van der Waals surface area contributed by atoms with E-state index in [1.54, 1.807) is 4.90 Å². The molecule has 2 aliphatic rings. The number of urea groups is 1. The second kappa shape index (κ2) is 5.29. The van der Waals surface area contributed by atoms with Gasteiger partial charge in [-0.1, -0.05) is 0 Å². The molecule has 2 N–H and O–H groups in total. The number of fused-ring (bicyclic) bond motifs is 2. The van der Waals surface area contributed by atoms with E-state index < -0.39 is 17.7 Å². The van der Waals surface area contributed by atoms with Gasteiger partial charge in [0.15, 0.2) is 0 Å². The van der Waals surface area contributed by atoms with Crippen LogP contribution in [0.1, 0.15) is 19.3 Å². The number of halogens is 2. The number of anilines is 1. The van der Waals surface area contributed by atoms with Crippen molar-refractivity contribution in [3.63, 3.8) is 0 Å². The third-order valence-electron chi connectivity index (χ3n) is 4.26. The largest absolute Gasteiger partial charge is 0.481 e. The Bertz CT molecular complexity index is 610. The van der Waals surface area contributed by atoms with Crippen LogP contribution in [0.5, 0.6) is 0 Å². The molecule has 0 saturated carbocycles. The van der Waals surface area contributed by atoms with Gasteiger partial charge in [-0.3, -0.25) is 4.79 Å². The van der Waals surface area contributed by atoms with E-state index in [1.165, 1.54) is 18.2 Å². The Morgan fingerprint density at radius 3 is 2.81 bits per heavy atom. The number of hydrogen-bond acceptors (Lipinski definition) is 2. The molecule has 3 rings (SSSR count). The molecule has 2 amide bonds. The number of carbonyl (C=O) groups is 2. The SMILES string of the molecule is O=C(O)C1CC2CCC1N2C(=O)Nc1cc(F)ccc1Br. The lowest BCUT2D eigenvalue weighted by Gasteiger charge is -2.23. The Balaban J connectivity index is 1.77. The van der Waals surface area contributed by atoms with Gasteiger partial charge in [-0.15, -0.1) is 0 Å². The first-order chi connectivity index (χ1) is 9.97. The van der Waals surface area contributed by atoms with E-state index in [9.17, 15) is 19.1 Å². The van der Waals surface area contributed by atoms with Crippen LogP contribution >= 0.6 is 15.9 Å². The molecule has 3 atom stereocenters. The van der Waals surface area contributed by atoms with Crippen LogP contribution in [-0.4, -0.2) is 34.1 Å². The van der Waals surface area contributed by atoms with E-state index in [-0.39, 0.29) is 18.1 Å². The fourth-order valence-corrected chi connectivity index (χ4v) is 3.69. The van der Waals surface area contributed by atoms with Crippen molar-refractivity contribution in [3.05, 3.63) is 28.5 Å². The van der Waals surface area contributed by atoms with Crippen LogP contribution in [0, 0.1) is 11.7 Å². The highest BCUT2D eigenvalue weighted by Crippen LogP contribution is 2.42. The number of carboxylic acid groups (broad SMARTS) is 1. The first-order valence-corrected chi connectivity index (χ1v) is 7.54. The Labute approximate surface area is 129 Å². The monoisotopic (exact) mass is 356 g/mol. The molecule has 21 heavy (non-hydrogen) atoms. The lowest BCUT2D eigenvalue weighted by atomic mass is 9.89. The zero-order valence-electron chi connectivity index (χ0n) is 11.1. The molecule has 1 aromatic carbocycles. The smallest absolute Gasteiger partial charge is 0.322 e. The van der Waals surface area contributed by atoms with Crippen molar-refractivity contribution in [2.45, 2.75) is 31.3 Å². The standard InChI is InChI=1S/C14H14BrFN2O3/c15-10-3-1-7(16)5-11(10)17-14(21)18-8-2-4-12(18)9(6-8)13(19)20/h1,3,5,8-9,12H,2,4,6H2,(H,17,21)(H,19,20). The van der Waals surface area contributed by atoms with Gasteiger partial charge in [-0.05, 0) is 53.4 Å². The Morgan fingerprint density at radius 1 is 1.38 bits per heavy atom. The number of nitrogens with zero attached hydrogens (tertiary/aromatic N) is 1. The molecule has 7 heteroatoms. The number of nitrogens with one attached hydrogen (secondary N) is 1. The first-order valence-electron chi connectivity index (χ1n) is 6.74. The lowest BCUT2D eigenvalue weighted by molar-refractivity contribution is -0.142. The number of amides is 2.